The molecule has 1 aliphatic heterocycles. The minimum Gasteiger partial charge on any atom is -0.477 e. The zero-order valence-electron chi connectivity index (χ0n) is 18.0. The molecule has 1 saturated carbocycles. The predicted molar refractivity (Wildman–Crippen MR) is 125 cm³/mol. The second-order valence-electron chi connectivity index (χ2n) is 7.75. The summed E-state index contributed by atoms with van der Waals surface area (Å²) in [6, 6.07) is 1.69. The fourth-order valence-electron chi connectivity index (χ4n) is 3.59. The van der Waals surface area contributed by atoms with Gasteiger partial charge in [0.2, 0.25) is 21.9 Å². The smallest absolute Gasteiger partial charge is 0.237 e. The molecule has 0 spiro atoms. The molecule has 4 heterocycles. The van der Waals surface area contributed by atoms with Gasteiger partial charge in [-0.2, -0.15) is 0 Å². The molecule has 11 nitrogen and oxygen atoms in total. The maximum atomic E-state index is 12.3. The zero-order chi connectivity index (χ0) is 22.8. The molecule has 2 aliphatic rings. The first-order chi connectivity index (χ1) is 16.0. The van der Waals surface area contributed by atoms with Gasteiger partial charge in [-0.3, -0.25) is 9.71 Å². The first kappa shape index (κ1) is 21.9. The first-order valence-corrected chi connectivity index (χ1v) is 13.1. The third-order valence-corrected chi connectivity index (χ3v) is 8.23. The molecule has 5 rings (SSSR count). The highest BCUT2D eigenvalue weighted by molar-refractivity contribution is 7.93. The molecule has 2 fully saturated rings. The van der Waals surface area contributed by atoms with Gasteiger partial charge in [-0.1, -0.05) is 11.3 Å². The molecule has 1 aliphatic carbocycles. The Balaban J connectivity index is 1.39. The van der Waals surface area contributed by atoms with Crippen molar-refractivity contribution in [2.24, 2.45) is 0 Å². The molecule has 0 amide bonds. The van der Waals surface area contributed by atoms with Crippen LogP contribution in [0.4, 0.5) is 11.1 Å². The number of thiazole rings is 1. The lowest BCUT2D eigenvalue weighted by molar-refractivity contribution is 0.325. The molecule has 1 saturated heterocycles. The average Bonchev–Trinajstić information content (AvgIpc) is 3.58. The van der Waals surface area contributed by atoms with E-state index in [0.717, 1.165) is 28.8 Å². The van der Waals surface area contributed by atoms with E-state index in [0.29, 0.717) is 37.6 Å². The van der Waals surface area contributed by atoms with Crippen molar-refractivity contribution in [2.45, 2.75) is 31.1 Å². The number of nitrogens with zero attached hydrogens (tertiary/aromatic N) is 6. The molecule has 33 heavy (non-hydrogen) atoms. The van der Waals surface area contributed by atoms with Crippen molar-refractivity contribution in [3.63, 3.8) is 0 Å². The predicted octanol–water partition coefficient (Wildman–Crippen LogP) is 1.84. The molecular formula is C20H24N8O3S2. The van der Waals surface area contributed by atoms with E-state index in [1.807, 2.05) is 13.0 Å². The number of sulfonamides is 1. The summed E-state index contributed by atoms with van der Waals surface area (Å²) in [6.07, 6.45) is 8.01. The van der Waals surface area contributed by atoms with E-state index in [9.17, 15) is 8.42 Å². The number of rotatable bonds is 8. The van der Waals surface area contributed by atoms with Crippen LogP contribution < -0.4 is 19.7 Å². The largest absolute Gasteiger partial charge is 0.477 e. The minimum atomic E-state index is -3.43. The van der Waals surface area contributed by atoms with Gasteiger partial charge >= 0.3 is 0 Å². The van der Waals surface area contributed by atoms with Crippen LogP contribution >= 0.6 is 11.3 Å². The van der Waals surface area contributed by atoms with Gasteiger partial charge in [0.1, 0.15) is 5.69 Å². The molecule has 2 N–H and O–H groups in total. The molecule has 3 aromatic rings. The number of anilines is 2. The van der Waals surface area contributed by atoms with Gasteiger partial charge in [0.05, 0.1) is 40.9 Å². The van der Waals surface area contributed by atoms with Crippen molar-refractivity contribution in [1.29, 1.82) is 0 Å². The SMILES string of the molecule is CCOc1cncc(-c2cnc(N3CCNC[C@H]3c3ccnc(NS(=O)(=O)C4CC4)n3)s2)n1. The second kappa shape index (κ2) is 9.15. The minimum absolute atomic E-state index is 0.104. The lowest BCUT2D eigenvalue weighted by Gasteiger charge is -2.35. The van der Waals surface area contributed by atoms with Crippen molar-refractivity contribution in [2.75, 3.05) is 35.9 Å². The van der Waals surface area contributed by atoms with Crippen LogP contribution in [0.2, 0.25) is 0 Å². The van der Waals surface area contributed by atoms with E-state index in [1.54, 1.807) is 24.8 Å². The summed E-state index contributed by atoms with van der Waals surface area (Å²) in [7, 11) is -3.43. The summed E-state index contributed by atoms with van der Waals surface area (Å²) in [4.78, 5) is 25.0. The molecule has 0 radical (unpaired) electrons. The Morgan fingerprint density at radius 1 is 1.24 bits per heavy atom. The summed E-state index contributed by atoms with van der Waals surface area (Å²) in [5.74, 6) is 0.583. The Morgan fingerprint density at radius 3 is 2.94 bits per heavy atom. The number of piperazine rings is 1. The fraction of sp³-hybridized carbons (Fsp3) is 0.450. The Morgan fingerprint density at radius 2 is 2.12 bits per heavy atom. The summed E-state index contributed by atoms with van der Waals surface area (Å²) in [6.45, 7) is 4.61. The lowest BCUT2D eigenvalue weighted by Crippen LogP contribution is -2.46. The van der Waals surface area contributed by atoms with Crippen LogP contribution in [0, 0.1) is 0 Å². The van der Waals surface area contributed by atoms with Gasteiger partial charge in [0.25, 0.3) is 0 Å². The van der Waals surface area contributed by atoms with Crippen molar-refractivity contribution in [1.82, 2.24) is 30.2 Å². The molecule has 174 valence electrons. The Bertz CT molecular complexity index is 1230. The molecule has 0 aromatic carbocycles. The van der Waals surface area contributed by atoms with Crippen LogP contribution in [0.5, 0.6) is 5.88 Å². The highest BCUT2D eigenvalue weighted by Gasteiger charge is 2.36. The molecular weight excluding hydrogens is 464 g/mol. The van der Waals surface area contributed by atoms with E-state index in [1.165, 1.54) is 11.3 Å². The van der Waals surface area contributed by atoms with E-state index in [4.69, 9.17) is 4.74 Å². The number of aromatic nitrogens is 5. The quantitative estimate of drug-likeness (QED) is 0.483. The van der Waals surface area contributed by atoms with E-state index in [2.05, 4.69) is 39.9 Å². The molecule has 13 heteroatoms. The van der Waals surface area contributed by atoms with E-state index in [-0.39, 0.29) is 17.2 Å². The molecule has 1 atom stereocenters. The topological polar surface area (TPSA) is 135 Å². The molecule has 0 unspecified atom stereocenters. The van der Waals surface area contributed by atoms with Crippen LogP contribution in [-0.2, 0) is 10.0 Å². The third-order valence-electron chi connectivity index (χ3n) is 5.35. The van der Waals surface area contributed by atoms with Crippen LogP contribution in [0.3, 0.4) is 0 Å². The number of ether oxygens (including phenoxy) is 1. The van der Waals surface area contributed by atoms with Gasteiger partial charge in [0.15, 0.2) is 5.13 Å². The summed E-state index contributed by atoms with van der Waals surface area (Å²) in [5.41, 5.74) is 1.43. The fourth-order valence-corrected chi connectivity index (χ4v) is 5.82. The van der Waals surface area contributed by atoms with Crippen molar-refractivity contribution in [3.8, 4) is 16.5 Å². The summed E-state index contributed by atoms with van der Waals surface area (Å²) in [5, 5.41) is 3.88. The number of nitrogens with one attached hydrogen (secondary N) is 2. The monoisotopic (exact) mass is 488 g/mol. The van der Waals surface area contributed by atoms with E-state index >= 15 is 0 Å². The normalized spacial score (nSPS) is 18.8. The van der Waals surface area contributed by atoms with Gasteiger partial charge in [-0.15, -0.1) is 0 Å². The van der Waals surface area contributed by atoms with Crippen LogP contribution in [0.25, 0.3) is 10.6 Å². The van der Waals surface area contributed by atoms with Crippen LogP contribution in [-0.4, -0.2) is 64.8 Å². The average molecular weight is 489 g/mol. The van der Waals surface area contributed by atoms with Gasteiger partial charge in [-0.25, -0.2) is 28.4 Å². The highest BCUT2D eigenvalue weighted by atomic mass is 32.2. The Kier molecular flexibility index (Phi) is 6.08. The first-order valence-electron chi connectivity index (χ1n) is 10.8. The van der Waals surface area contributed by atoms with Crippen LogP contribution in [0.1, 0.15) is 31.5 Å². The molecule has 0 bridgehead atoms. The number of hydrogen-bond acceptors (Lipinski definition) is 11. The molecule has 3 aromatic heterocycles. The Hall–Kier alpha value is -2.90. The van der Waals surface area contributed by atoms with Crippen molar-refractivity contribution < 1.29 is 13.2 Å². The zero-order valence-corrected chi connectivity index (χ0v) is 19.6. The number of hydrogen-bond donors (Lipinski definition) is 2. The van der Waals surface area contributed by atoms with Crippen molar-refractivity contribution >= 4 is 32.4 Å². The maximum Gasteiger partial charge on any atom is 0.237 e. The highest BCUT2D eigenvalue weighted by Crippen LogP contribution is 2.35. The third kappa shape index (κ3) is 4.89. The lowest BCUT2D eigenvalue weighted by atomic mass is 10.1. The summed E-state index contributed by atoms with van der Waals surface area (Å²) < 4.78 is 32.6. The second-order valence-corrected chi connectivity index (χ2v) is 10.7. The van der Waals surface area contributed by atoms with Crippen LogP contribution in [0.15, 0.2) is 30.9 Å². The van der Waals surface area contributed by atoms with E-state index < -0.39 is 10.0 Å². The van der Waals surface area contributed by atoms with Gasteiger partial charge < -0.3 is 15.0 Å². The van der Waals surface area contributed by atoms with Crippen molar-refractivity contribution in [3.05, 3.63) is 36.5 Å². The van der Waals surface area contributed by atoms with Gasteiger partial charge in [0, 0.05) is 32.0 Å². The van der Waals surface area contributed by atoms with Gasteiger partial charge in [-0.05, 0) is 25.8 Å². The maximum absolute atomic E-state index is 12.3. The Labute approximate surface area is 195 Å². The summed E-state index contributed by atoms with van der Waals surface area (Å²) >= 11 is 1.52. The standard InChI is InChI=1S/C20H24N8O3S2/c1-2-31-18-12-22-9-15(25-18)17-11-24-20(32-17)28-8-7-21-10-16(28)14-5-6-23-19(26-14)27-33(29,30)13-3-4-13/h5-6,9,11-13,16,21H,2-4,7-8,10H2,1H3,(H,23,26,27)/t16-/m0/s1.